The van der Waals surface area contributed by atoms with Gasteiger partial charge in [0.15, 0.2) is 0 Å². The molecule has 2 rings (SSSR count). The summed E-state index contributed by atoms with van der Waals surface area (Å²) in [6.45, 7) is 0.698. The van der Waals surface area contributed by atoms with Crippen LogP contribution in [0.25, 0.3) is 0 Å². The molecule has 0 atom stereocenters. The van der Waals surface area contributed by atoms with Crippen LogP contribution in [0, 0.1) is 5.92 Å². The highest BCUT2D eigenvalue weighted by Gasteiger charge is 2.19. The molecule has 5 heteroatoms. The number of hydrogen-bond donors (Lipinski definition) is 1. The van der Waals surface area contributed by atoms with Crippen LogP contribution in [-0.2, 0) is 0 Å². The van der Waals surface area contributed by atoms with Gasteiger partial charge in [0.2, 0.25) is 0 Å². The number of nitrogens with zero attached hydrogens (tertiary/aromatic N) is 1. The van der Waals surface area contributed by atoms with Crippen molar-refractivity contribution in [2.45, 2.75) is 19.3 Å². The first kappa shape index (κ1) is 11.7. The number of carbonyl (C=O) groups excluding carboxylic acids is 1. The molecule has 0 bridgehead atoms. The first-order chi connectivity index (χ1) is 7.66. The number of rotatable bonds is 3. The van der Waals surface area contributed by atoms with Gasteiger partial charge in [0, 0.05) is 6.54 Å². The number of aromatic nitrogens is 1. The highest BCUT2D eigenvalue weighted by Crippen LogP contribution is 2.25. The van der Waals surface area contributed by atoms with Crippen LogP contribution in [0.3, 0.4) is 0 Å². The van der Waals surface area contributed by atoms with E-state index in [4.69, 9.17) is 23.2 Å². The second-order valence-corrected chi connectivity index (χ2v) is 4.77. The fourth-order valence-corrected chi connectivity index (χ4v) is 1.93. The molecule has 0 radical (unpaired) electrons. The van der Waals surface area contributed by atoms with Gasteiger partial charge in [-0.05, 0) is 30.9 Å². The Hall–Kier alpha value is -0.800. The Bertz CT molecular complexity index is 405. The van der Waals surface area contributed by atoms with Crippen LogP contribution in [0.15, 0.2) is 12.1 Å². The van der Waals surface area contributed by atoms with E-state index in [2.05, 4.69) is 10.3 Å². The minimum atomic E-state index is -0.251. The second-order valence-electron chi connectivity index (χ2n) is 3.97. The Balaban J connectivity index is 1.99. The van der Waals surface area contributed by atoms with Gasteiger partial charge in [0.25, 0.3) is 5.91 Å². The molecule has 16 heavy (non-hydrogen) atoms. The number of amides is 1. The molecular weight excluding hydrogens is 247 g/mol. The third-order valence-corrected chi connectivity index (χ3v) is 3.32. The first-order valence-electron chi connectivity index (χ1n) is 5.27. The first-order valence-corrected chi connectivity index (χ1v) is 6.02. The molecule has 1 amide bonds. The van der Waals surface area contributed by atoms with Gasteiger partial charge in [0.05, 0.1) is 5.02 Å². The number of hydrogen-bond acceptors (Lipinski definition) is 2. The van der Waals surface area contributed by atoms with E-state index in [0.29, 0.717) is 17.5 Å². The lowest BCUT2D eigenvalue weighted by molar-refractivity contribution is 0.0934. The van der Waals surface area contributed by atoms with Crippen molar-refractivity contribution >= 4 is 29.1 Å². The van der Waals surface area contributed by atoms with E-state index in [1.807, 2.05) is 0 Å². The molecule has 0 aliphatic heterocycles. The van der Waals surface area contributed by atoms with Crippen LogP contribution in [0.4, 0.5) is 0 Å². The molecule has 86 valence electrons. The smallest absolute Gasteiger partial charge is 0.271 e. The van der Waals surface area contributed by atoms with Gasteiger partial charge in [-0.15, -0.1) is 0 Å². The molecule has 0 spiro atoms. The third-order valence-electron chi connectivity index (χ3n) is 2.80. The molecule has 0 aromatic carbocycles. The topological polar surface area (TPSA) is 42.0 Å². The summed E-state index contributed by atoms with van der Waals surface area (Å²) >= 11 is 11.6. The Kier molecular flexibility index (Phi) is 3.66. The van der Waals surface area contributed by atoms with Crippen molar-refractivity contribution in [3.63, 3.8) is 0 Å². The summed E-state index contributed by atoms with van der Waals surface area (Å²) in [5.74, 6) is 0.362. The van der Waals surface area contributed by atoms with Gasteiger partial charge in [-0.3, -0.25) is 4.79 Å². The predicted molar refractivity (Wildman–Crippen MR) is 63.9 cm³/mol. The van der Waals surface area contributed by atoms with Crippen molar-refractivity contribution in [1.29, 1.82) is 0 Å². The molecule has 1 aliphatic rings. The quantitative estimate of drug-likeness (QED) is 0.848. The summed E-state index contributed by atoms with van der Waals surface area (Å²) in [6, 6.07) is 3.14. The lowest BCUT2D eigenvalue weighted by atomic mass is 9.85. The zero-order valence-electron chi connectivity index (χ0n) is 8.67. The number of carbonyl (C=O) groups is 1. The lowest BCUT2D eigenvalue weighted by Gasteiger charge is -2.25. The van der Waals surface area contributed by atoms with E-state index in [-0.39, 0.29) is 16.8 Å². The van der Waals surface area contributed by atoms with Gasteiger partial charge in [-0.2, -0.15) is 0 Å². The Morgan fingerprint density at radius 1 is 1.44 bits per heavy atom. The molecule has 1 N–H and O–H groups in total. The van der Waals surface area contributed by atoms with Gasteiger partial charge in [-0.1, -0.05) is 29.6 Å². The summed E-state index contributed by atoms with van der Waals surface area (Å²) in [4.78, 5) is 15.7. The van der Waals surface area contributed by atoms with Crippen LogP contribution in [0.1, 0.15) is 29.8 Å². The molecule has 1 aliphatic carbocycles. The maximum absolute atomic E-state index is 11.7. The maximum atomic E-state index is 11.7. The highest BCUT2D eigenvalue weighted by atomic mass is 35.5. The molecule has 1 fully saturated rings. The van der Waals surface area contributed by atoms with Crippen LogP contribution in [-0.4, -0.2) is 17.4 Å². The van der Waals surface area contributed by atoms with Crippen molar-refractivity contribution in [1.82, 2.24) is 10.3 Å². The normalized spacial score (nSPS) is 15.6. The summed E-state index contributed by atoms with van der Waals surface area (Å²) in [7, 11) is 0. The molecule has 0 unspecified atom stereocenters. The van der Waals surface area contributed by atoms with Crippen molar-refractivity contribution in [2.75, 3.05) is 6.54 Å². The minimum Gasteiger partial charge on any atom is -0.350 e. The summed E-state index contributed by atoms with van der Waals surface area (Å²) in [6.07, 6.45) is 3.64. The highest BCUT2D eigenvalue weighted by molar-refractivity contribution is 6.34. The molecular formula is C11H12Cl2N2O. The summed E-state index contributed by atoms with van der Waals surface area (Å²) in [5, 5.41) is 3.43. The molecule has 0 saturated heterocycles. The van der Waals surface area contributed by atoms with E-state index >= 15 is 0 Å². The van der Waals surface area contributed by atoms with Crippen molar-refractivity contribution in [3.8, 4) is 0 Å². The number of nitrogens with one attached hydrogen (secondary N) is 1. The monoisotopic (exact) mass is 258 g/mol. The lowest BCUT2D eigenvalue weighted by Crippen LogP contribution is -2.32. The largest absolute Gasteiger partial charge is 0.350 e. The van der Waals surface area contributed by atoms with Crippen LogP contribution >= 0.6 is 23.2 Å². The van der Waals surface area contributed by atoms with E-state index in [0.717, 1.165) is 0 Å². The van der Waals surface area contributed by atoms with Gasteiger partial charge in [0.1, 0.15) is 10.8 Å². The maximum Gasteiger partial charge on any atom is 0.271 e. The summed E-state index contributed by atoms with van der Waals surface area (Å²) in [5.41, 5.74) is 0.202. The molecule has 1 aromatic rings. The molecule has 1 saturated carbocycles. The molecule has 1 aromatic heterocycles. The zero-order valence-corrected chi connectivity index (χ0v) is 10.2. The Morgan fingerprint density at radius 2 is 2.19 bits per heavy atom. The van der Waals surface area contributed by atoms with E-state index in [1.54, 1.807) is 12.1 Å². The number of pyridine rings is 1. The average molecular weight is 259 g/mol. The van der Waals surface area contributed by atoms with Crippen LogP contribution in [0.2, 0.25) is 10.2 Å². The summed E-state index contributed by atoms with van der Waals surface area (Å²) < 4.78 is 0. The standard InChI is InChI=1S/C11H12Cl2N2O/c12-8-4-5-9(13)15-10(8)11(16)14-6-7-2-1-3-7/h4-5,7H,1-3,6H2,(H,14,16). The molecule has 1 heterocycles. The van der Waals surface area contributed by atoms with Gasteiger partial charge < -0.3 is 5.32 Å². The predicted octanol–water partition coefficient (Wildman–Crippen LogP) is 2.92. The van der Waals surface area contributed by atoms with Gasteiger partial charge >= 0.3 is 0 Å². The van der Waals surface area contributed by atoms with Gasteiger partial charge in [-0.25, -0.2) is 4.98 Å². The van der Waals surface area contributed by atoms with E-state index in [9.17, 15) is 4.79 Å². The fourth-order valence-electron chi connectivity index (χ4n) is 1.60. The second kappa shape index (κ2) is 5.02. The van der Waals surface area contributed by atoms with E-state index in [1.165, 1.54) is 19.3 Å². The SMILES string of the molecule is O=C(NCC1CCC1)c1nc(Cl)ccc1Cl. The Labute approximate surface area is 104 Å². The zero-order chi connectivity index (χ0) is 11.5. The molecule has 3 nitrogen and oxygen atoms in total. The van der Waals surface area contributed by atoms with Crippen molar-refractivity contribution in [3.05, 3.63) is 28.0 Å². The Morgan fingerprint density at radius 3 is 2.81 bits per heavy atom. The van der Waals surface area contributed by atoms with Crippen LogP contribution in [0.5, 0.6) is 0 Å². The minimum absolute atomic E-state index is 0.202. The fraction of sp³-hybridized carbons (Fsp3) is 0.455. The van der Waals surface area contributed by atoms with E-state index < -0.39 is 0 Å². The third kappa shape index (κ3) is 2.66. The average Bonchev–Trinajstić information content (AvgIpc) is 2.19. The van der Waals surface area contributed by atoms with Crippen LogP contribution < -0.4 is 5.32 Å². The number of halogens is 2. The van der Waals surface area contributed by atoms with Crippen molar-refractivity contribution < 1.29 is 4.79 Å². The van der Waals surface area contributed by atoms with Crippen molar-refractivity contribution in [2.24, 2.45) is 5.92 Å².